The molecule has 0 amide bonds. The number of hydrogen-bond donors (Lipinski definition) is 1. The zero-order valence-corrected chi connectivity index (χ0v) is 14.5. The highest BCUT2D eigenvalue weighted by atomic mass is 32.2. The van der Waals surface area contributed by atoms with E-state index in [0.717, 1.165) is 42.1 Å². The summed E-state index contributed by atoms with van der Waals surface area (Å²) in [4.78, 5) is 16.1. The molecule has 130 valence electrons. The van der Waals surface area contributed by atoms with E-state index in [1.54, 1.807) is 11.8 Å². The summed E-state index contributed by atoms with van der Waals surface area (Å²) in [5.74, 6) is 2.64. The quantitative estimate of drug-likeness (QED) is 0.750. The van der Waals surface area contributed by atoms with Crippen LogP contribution in [-0.2, 0) is 13.1 Å². The number of imidazole rings is 1. The van der Waals surface area contributed by atoms with Gasteiger partial charge in [-0.05, 0) is 29.6 Å². The standard InChI is InChI=1S/C15H18N8OS/c1-2-4-22(5-3-1)14-13(18-11-12(19-14)21-24-20-11)16-8-10-9-23-6-7-25-15(23)17-10/h9H,1-8H2,(H,16,18,20). The van der Waals surface area contributed by atoms with E-state index in [-0.39, 0.29) is 0 Å². The van der Waals surface area contributed by atoms with Crippen LogP contribution in [0.5, 0.6) is 0 Å². The third-order valence-electron chi connectivity index (χ3n) is 4.54. The maximum Gasteiger partial charge on any atom is 0.245 e. The number of aryl methyl sites for hydroxylation is 1. The number of anilines is 2. The monoisotopic (exact) mass is 358 g/mol. The van der Waals surface area contributed by atoms with E-state index < -0.39 is 0 Å². The summed E-state index contributed by atoms with van der Waals surface area (Å²) in [6, 6.07) is 0. The number of nitrogens with one attached hydrogen (secondary N) is 1. The SMILES string of the molecule is c1c(CNc2nc3nonc3nc2N2CCCCC2)nc2n1CCS2. The van der Waals surface area contributed by atoms with Crippen LogP contribution in [0.15, 0.2) is 16.0 Å². The lowest BCUT2D eigenvalue weighted by Gasteiger charge is -2.28. The van der Waals surface area contributed by atoms with Crippen LogP contribution in [0.25, 0.3) is 11.3 Å². The Bertz CT molecular complexity index is 879. The van der Waals surface area contributed by atoms with E-state index in [1.807, 2.05) is 0 Å². The molecule has 1 fully saturated rings. The van der Waals surface area contributed by atoms with Gasteiger partial charge in [-0.1, -0.05) is 11.8 Å². The van der Waals surface area contributed by atoms with Gasteiger partial charge < -0.3 is 14.8 Å². The molecule has 9 nitrogen and oxygen atoms in total. The molecule has 5 heterocycles. The van der Waals surface area contributed by atoms with Gasteiger partial charge in [0, 0.05) is 31.6 Å². The Morgan fingerprint density at radius 2 is 1.88 bits per heavy atom. The largest absolute Gasteiger partial charge is 0.361 e. The molecule has 0 radical (unpaired) electrons. The highest BCUT2D eigenvalue weighted by Gasteiger charge is 2.21. The average Bonchev–Trinajstić information content (AvgIpc) is 3.35. The summed E-state index contributed by atoms with van der Waals surface area (Å²) >= 11 is 1.80. The van der Waals surface area contributed by atoms with E-state index in [0.29, 0.717) is 23.7 Å². The van der Waals surface area contributed by atoms with E-state index >= 15 is 0 Å². The van der Waals surface area contributed by atoms with Crippen LogP contribution in [0.3, 0.4) is 0 Å². The Kier molecular flexibility index (Phi) is 3.69. The highest BCUT2D eigenvalue weighted by molar-refractivity contribution is 7.99. The Balaban J connectivity index is 1.43. The molecule has 0 atom stereocenters. The van der Waals surface area contributed by atoms with Gasteiger partial charge in [-0.2, -0.15) is 0 Å². The first-order chi connectivity index (χ1) is 12.4. The molecule has 0 saturated carbocycles. The van der Waals surface area contributed by atoms with E-state index in [2.05, 4.69) is 46.2 Å². The van der Waals surface area contributed by atoms with Crippen molar-refractivity contribution in [3.05, 3.63) is 11.9 Å². The summed E-state index contributed by atoms with van der Waals surface area (Å²) < 4.78 is 6.97. The second-order valence-corrected chi connectivity index (χ2v) is 7.33. The molecule has 0 aliphatic carbocycles. The van der Waals surface area contributed by atoms with E-state index in [1.165, 1.54) is 19.3 Å². The lowest BCUT2D eigenvalue weighted by Crippen LogP contribution is -2.31. The van der Waals surface area contributed by atoms with Crippen LogP contribution in [0.1, 0.15) is 25.0 Å². The second kappa shape index (κ2) is 6.17. The number of aromatic nitrogens is 6. The van der Waals surface area contributed by atoms with Crippen LogP contribution in [0, 0.1) is 0 Å². The molecule has 1 N–H and O–H groups in total. The molecule has 10 heteroatoms. The molecule has 0 aromatic carbocycles. The summed E-state index contributed by atoms with van der Waals surface area (Å²) in [5.41, 5.74) is 1.88. The summed E-state index contributed by atoms with van der Waals surface area (Å²) in [6.45, 7) is 3.60. The molecule has 0 bridgehead atoms. The number of nitrogens with zero attached hydrogens (tertiary/aromatic N) is 7. The Morgan fingerprint density at radius 3 is 2.72 bits per heavy atom. The van der Waals surface area contributed by atoms with Gasteiger partial charge in [0.05, 0.1) is 12.2 Å². The first kappa shape index (κ1) is 14.9. The Labute approximate surface area is 148 Å². The molecule has 3 aromatic rings. The maximum atomic E-state index is 4.78. The molecule has 2 aliphatic heterocycles. The van der Waals surface area contributed by atoms with Crippen molar-refractivity contribution in [2.45, 2.75) is 37.5 Å². The third-order valence-corrected chi connectivity index (χ3v) is 5.51. The molecular formula is C15H18N8OS. The van der Waals surface area contributed by atoms with E-state index in [9.17, 15) is 0 Å². The molecule has 2 aliphatic rings. The number of rotatable bonds is 4. The maximum absolute atomic E-state index is 4.78. The topological polar surface area (TPSA) is 97.8 Å². The predicted molar refractivity (Wildman–Crippen MR) is 93.7 cm³/mol. The number of piperidine rings is 1. The molecular weight excluding hydrogens is 340 g/mol. The molecule has 25 heavy (non-hydrogen) atoms. The van der Waals surface area contributed by atoms with Gasteiger partial charge in [-0.15, -0.1) is 0 Å². The number of thioether (sulfide) groups is 1. The van der Waals surface area contributed by atoms with Gasteiger partial charge >= 0.3 is 0 Å². The van der Waals surface area contributed by atoms with Gasteiger partial charge in [-0.25, -0.2) is 19.6 Å². The van der Waals surface area contributed by atoms with Crippen LogP contribution in [-0.4, -0.2) is 48.7 Å². The second-order valence-electron chi connectivity index (χ2n) is 6.27. The van der Waals surface area contributed by atoms with Crippen LogP contribution in [0.4, 0.5) is 11.6 Å². The van der Waals surface area contributed by atoms with Gasteiger partial charge in [0.2, 0.25) is 11.3 Å². The van der Waals surface area contributed by atoms with Crippen molar-refractivity contribution in [1.82, 2.24) is 29.8 Å². The van der Waals surface area contributed by atoms with Crippen molar-refractivity contribution >= 4 is 34.7 Å². The van der Waals surface area contributed by atoms with Gasteiger partial charge in [0.25, 0.3) is 0 Å². The number of fused-ring (bicyclic) bond motifs is 2. The fourth-order valence-electron chi connectivity index (χ4n) is 3.30. The molecule has 5 rings (SSSR count). The predicted octanol–water partition coefficient (Wildman–Crippen LogP) is 1.92. The molecule has 0 unspecified atom stereocenters. The fourth-order valence-corrected chi connectivity index (χ4v) is 4.26. The summed E-state index contributed by atoms with van der Waals surface area (Å²) in [6.07, 6.45) is 5.70. The Hall–Kier alpha value is -2.36. The first-order valence-corrected chi connectivity index (χ1v) is 9.53. The van der Waals surface area contributed by atoms with Crippen molar-refractivity contribution in [2.75, 3.05) is 29.1 Å². The van der Waals surface area contributed by atoms with Gasteiger partial charge in [0.15, 0.2) is 16.8 Å². The smallest absolute Gasteiger partial charge is 0.245 e. The van der Waals surface area contributed by atoms with Crippen molar-refractivity contribution in [1.29, 1.82) is 0 Å². The minimum absolute atomic E-state index is 0.422. The minimum Gasteiger partial charge on any atom is -0.361 e. The highest BCUT2D eigenvalue weighted by Crippen LogP contribution is 2.28. The van der Waals surface area contributed by atoms with Crippen molar-refractivity contribution < 1.29 is 4.63 Å². The molecule has 0 spiro atoms. The van der Waals surface area contributed by atoms with Crippen molar-refractivity contribution in [3.63, 3.8) is 0 Å². The zero-order chi connectivity index (χ0) is 16.6. The van der Waals surface area contributed by atoms with Crippen LogP contribution in [0.2, 0.25) is 0 Å². The zero-order valence-electron chi connectivity index (χ0n) is 13.7. The van der Waals surface area contributed by atoms with Crippen LogP contribution >= 0.6 is 11.8 Å². The normalized spacial score (nSPS) is 17.2. The Morgan fingerprint density at radius 1 is 1.04 bits per heavy atom. The molecule has 1 saturated heterocycles. The first-order valence-electron chi connectivity index (χ1n) is 8.55. The van der Waals surface area contributed by atoms with Crippen molar-refractivity contribution in [2.24, 2.45) is 0 Å². The number of hydrogen-bond acceptors (Lipinski definition) is 9. The summed E-state index contributed by atoms with van der Waals surface area (Å²) in [5, 5.41) is 12.1. The summed E-state index contributed by atoms with van der Waals surface area (Å²) in [7, 11) is 0. The van der Waals surface area contributed by atoms with Crippen LogP contribution < -0.4 is 10.2 Å². The van der Waals surface area contributed by atoms with Gasteiger partial charge in [-0.3, -0.25) is 0 Å². The van der Waals surface area contributed by atoms with Gasteiger partial charge in [0.1, 0.15) is 0 Å². The molecule has 3 aromatic heterocycles. The minimum atomic E-state index is 0.422. The lowest BCUT2D eigenvalue weighted by atomic mass is 10.1. The van der Waals surface area contributed by atoms with Crippen molar-refractivity contribution in [3.8, 4) is 0 Å². The third kappa shape index (κ3) is 2.80. The average molecular weight is 358 g/mol. The fraction of sp³-hybridized carbons (Fsp3) is 0.533. The lowest BCUT2D eigenvalue weighted by molar-refractivity contribution is 0.314. The van der Waals surface area contributed by atoms with E-state index in [4.69, 9.17) is 4.63 Å².